The molecule has 0 saturated heterocycles. The van der Waals surface area contributed by atoms with Gasteiger partial charge in [-0.25, -0.2) is 9.97 Å². The van der Waals surface area contributed by atoms with E-state index in [1.807, 2.05) is 72.8 Å². The Morgan fingerprint density at radius 3 is 0.918 bits per heavy atom. The number of aromatic nitrogens is 6. The molecule has 0 aromatic carbocycles. The Morgan fingerprint density at radius 1 is 0.367 bits per heavy atom. The molecule has 0 aliphatic carbocycles. The summed E-state index contributed by atoms with van der Waals surface area (Å²) in [6.07, 6.45) is 16.3. The zero-order valence-electron chi connectivity index (χ0n) is 27.5. The quantitative estimate of drug-likeness (QED) is 0.0859. The van der Waals surface area contributed by atoms with Crippen LogP contribution in [0.5, 0.6) is 0 Å². The van der Waals surface area contributed by atoms with E-state index in [0.29, 0.717) is 0 Å². The van der Waals surface area contributed by atoms with Gasteiger partial charge in [-0.15, -0.1) is 0 Å². The van der Waals surface area contributed by atoms with Gasteiger partial charge in [-0.2, -0.15) is 25.3 Å². The van der Waals surface area contributed by atoms with E-state index in [-0.39, 0.29) is 16.8 Å². The van der Waals surface area contributed by atoms with Crippen LogP contribution in [0.4, 0.5) is 0 Å². The van der Waals surface area contributed by atoms with Crippen LogP contribution in [0, 0.1) is 0 Å². The van der Waals surface area contributed by atoms with Crippen molar-refractivity contribution < 1.29 is 16.8 Å². The number of nitrogens with zero attached hydrogens (tertiary/aromatic N) is 6. The fourth-order valence-electron chi connectivity index (χ4n) is 5.28. The molecule has 0 amide bonds. The summed E-state index contributed by atoms with van der Waals surface area (Å²) in [5.74, 6) is 1.91. The van der Waals surface area contributed by atoms with Gasteiger partial charge in [0, 0.05) is 24.8 Å². The first-order chi connectivity index (χ1) is 23.7. The molecule has 0 unspecified atom stereocenters. The van der Waals surface area contributed by atoms with Gasteiger partial charge in [0.1, 0.15) is 0 Å². The van der Waals surface area contributed by atoms with E-state index >= 15 is 0 Å². The van der Waals surface area contributed by atoms with Crippen LogP contribution in [0.1, 0.15) is 49.7 Å². The molecule has 251 valence electrons. The van der Waals surface area contributed by atoms with Crippen LogP contribution in [0.2, 0.25) is 0 Å². The first-order valence-corrected chi connectivity index (χ1v) is 17.9. The molecule has 49 heavy (non-hydrogen) atoms. The molecule has 6 aromatic rings. The van der Waals surface area contributed by atoms with Crippen molar-refractivity contribution in [2.75, 3.05) is 11.5 Å². The van der Waals surface area contributed by atoms with Gasteiger partial charge in [-0.3, -0.25) is 19.9 Å². The summed E-state index contributed by atoms with van der Waals surface area (Å²) in [5.41, 5.74) is 9.77. The molecule has 0 fully saturated rings. The molecule has 0 aliphatic heterocycles. The van der Waals surface area contributed by atoms with Crippen molar-refractivity contribution >= 4 is 25.3 Å². The molecule has 6 heterocycles. The van der Waals surface area contributed by atoms with Gasteiger partial charge < -0.3 is 0 Å². The van der Waals surface area contributed by atoms with Crippen molar-refractivity contribution in [1.29, 1.82) is 0 Å². The van der Waals surface area contributed by atoms with Crippen molar-refractivity contribution in [3.05, 3.63) is 133 Å². The van der Waals surface area contributed by atoms with E-state index in [1.54, 1.807) is 24.8 Å². The standard InChI is InChI=1S/2C20H21N3S.Co/c2*24-13-7-1-2-8-16-14-19(17-9-3-5-11-21-17)23-20(15-16)18-10-4-6-12-22-18;/h2*3-6,9-12,14-15,24H,1-2,7-8,13H2;/q;;+2. The molecule has 0 spiro atoms. The molecule has 9 heteroatoms. The summed E-state index contributed by atoms with van der Waals surface area (Å²) < 4.78 is 0. The van der Waals surface area contributed by atoms with Crippen molar-refractivity contribution in [3.8, 4) is 45.6 Å². The third kappa shape index (κ3) is 12.2. The molecule has 6 nitrogen and oxygen atoms in total. The molecule has 1 radical (unpaired) electrons. The van der Waals surface area contributed by atoms with Crippen LogP contribution in [-0.4, -0.2) is 41.4 Å². The Labute approximate surface area is 311 Å². The monoisotopic (exact) mass is 729 g/mol. The van der Waals surface area contributed by atoms with E-state index in [9.17, 15) is 0 Å². The molecule has 0 atom stereocenters. The largest absolute Gasteiger partial charge is 2.00 e. The van der Waals surface area contributed by atoms with E-state index in [2.05, 4.69) is 69.5 Å². The molecule has 0 saturated carbocycles. The summed E-state index contributed by atoms with van der Waals surface area (Å²) in [6, 6.07) is 32.2. The number of thiol groups is 2. The van der Waals surface area contributed by atoms with Gasteiger partial charge in [0.2, 0.25) is 0 Å². The molecule has 6 rings (SSSR count). The molecular weight excluding hydrogens is 688 g/mol. The van der Waals surface area contributed by atoms with Gasteiger partial charge in [0.15, 0.2) is 0 Å². The minimum absolute atomic E-state index is 0. The fourth-order valence-corrected chi connectivity index (χ4v) is 5.73. The summed E-state index contributed by atoms with van der Waals surface area (Å²) in [6.45, 7) is 0. The van der Waals surface area contributed by atoms with Crippen LogP contribution in [-0.2, 0) is 29.6 Å². The van der Waals surface area contributed by atoms with Gasteiger partial charge >= 0.3 is 16.8 Å². The molecular formula is C40H42CoN6S2+2. The third-order valence-electron chi connectivity index (χ3n) is 7.73. The Morgan fingerprint density at radius 2 is 0.673 bits per heavy atom. The van der Waals surface area contributed by atoms with Crippen LogP contribution in [0.15, 0.2) is 122 Å². The third-order valence-corrected chi connectivity index (χ3v) is 8.36. The second kappa shape index (κ2) is 21.2. The Kier molecular flexibility index (Phi) is 16.4. The minimum Gasteiger partial charge on any atom is -0.255 e. The maximum absolute atomic E-state index is 4.78. The van der Waals surface area contributed by atoms with Gasteiger partial charge in [0.05, 0.1) is 45.6 Å². The molecule has 6 aromatic heterocycles. The predicted molar refractivity (Wildman–Crippen MR) is 204 cm³/mol. The zero-order valence-corrected chi connectivity index (χ0v) is 30.4. The van der Waals surface area contributed by atoms with E-state index < -0.39 is 0 Å². The maximum atomic E-state index is 4.78. The summed E-state index contributed by atoms with van der Waals surface area (Å²) in [5, 5.41) is 0. The first kappa shape index (κ1) is 37.9. The second-order valence-electron chi connectivity index (χ2n) is 11.4. The fraction of sp³-hybridized carbons (Fsp3) is 0.250. The Bertz CT molecular complexity index is 1550. The number of aryl methyl sites for hydroxylation is 2. The number of hydrogen-bond donors (Lipinski definition) is 2. The Hall–Kier alpha value is -3.89. The average Bonchev–Trinajstić information content (AvgIpc) is 3.16. The van der Waals surface area contributed by atoms with Crippen LogP contribution in [0.25, 0.3) is 45.6 Å². The van der Waals surface area contributed by atoms with Crippen molar-refractivity contribution in [3.63, 3.8) is 0 Å². The normalized spacial score (nSPS) is 10.5. The maximum Gasteiger partial charge on any atom is 2.00 e. The molecule has 0 aliphatic rings. The first-order valence-electron chi connectivity index (χ1n) is 16.6. The number of rotatable bonds is 14. The van der Waals surface area contributed by atoms with E-state index in [1.165, 1.54) is 24.0 Å². The Balaban J connectivity index is 0.000000216. The average molecular weight is 730 g/mol. The van der Waals surface area contributed by atoms with Crippen LogP contribution < -0.4 is 0 Å². The predicted octanol–water partition coefficient (Wildman–Crippen LogP) is 9.69. The SMILES string of the molecule is SCCCCCc1cc(-c2ccccn2)nc(-c2ccccn2)c1.SCCCCCc1cc(-c2ccccn2)nc(-c2ccccn2)c1.[Co+2]. The topological polar surface area (TPSA) is 77.3 Å². The molecule has 0 N–H and O–H groups in total. The minimum atomic E-state index is 0. The van der Waals surface area contributed by atoms with Gasteiger partial charge in [-0.1, -0.05) is 37.1 Å². The second-order valence-corrected chi connectivity index (χ2v) is 12.3. The number of hydrogen-bond acceptors (Lipinski definition) is 8. The van der Waals surface area contributed by atoms with Crippen molar-refractivity contribution in [2.24, 2.45) is 0 Å². The van der Waals surface area contributed by atoms with Crippen LogP contribution in [0.3, 0.4) is 0 Å². The number of pyridine rings is 6. The summed E-state index contributed by atoms with van der Waals surface area (Å²) in [7, 11) is 0. The smallest absolute Gasteiger partial charge is 0.255 e. The van der Waals surface area contributed by atoms with E-state index in [4.69, 9.17) is 9.97 Å². The zero-order chi connectivity index (χ0) is 33.2. The van der Waals surface area contributed by atoms with E-state index in [0.717, 1.165) is 95.6 Å². The summed E-state index contributed by atoms with van der Waals surface area (Å²) >= 11 is 8.56. The van der Waals surface area contributed by atoms with Gasteiger partial charge in [-0.05, 0) is 134 Å². The van der Waals surface area contributed by atoms with Gasteiger partial charge in [0.25, 0.3) is 0 Å². The van der Waals surface area contributed by atoms with Crippen molar-refractivity contribution in [2.45, 2.75) is 51.4 Å². The van der Waals surface area contributed by atoms with Crippen LogP contribution >= 0.6 is 25.3 Å². The molecule has 0 bridgehead atoms. The number of unbranched alkanes of at least 4 members (excludes halogenated alkanes) is 4. The summed E-state index contributed by atoms with van der Waals surface area (Å²) in [4.78, 5) is 27.3. The van der Waals surface area contributed by atoms with Crippen molar-refractivity contribution in [1.82, 2.24) is 29.9 Å².